The van der Waals surface area contributed by atoms with Crippen LogP contribution >= 0.6 is 0 Å². The summed E-state index contributed by atoms with van der Waals surface area (Å²) in [6.07, 6.45) is 3.70. The largest absolute Gasteiger partial charge is 0.346 e. The van der Waals surface area contributed by atoms with Crippen LogP contribution in [0.4, 0.5) is 0 Å². The molecule has 0 saturated carbocycles. The summed E-state index contributed by atoms with van der Waals surface area (Å²) >= 11 is 0. The number of hydrogen-bond acceptors (Lipinski definition) is 1. The number of pyridine rings is 1. The van der Waals surface area contributed by atoms with E-state index < -0.39 is 0 Å². The molecule has 0 atom stereocenters. The Kier molecular flexibility index (Phi) is 9.66. The van der Waals surface area contributed by atoms with E-state index in [4.69, 9.17) is 0 Å². The molecule has 2 rings (SSSR count). The van der Waals surface area contributed by atoms with Gasteiger partial charge in [-0.1, -0.05) is 12.1 Å². The maximum atomic E-state index is 4.22. The zero-order valence-corrected chi connectivity index (χ0v) is 12.0. The van der Waals surface area contributed by atoms with Gasteiger partial charge in [-0.15, -0.1) is 35.9 Å². The number of nitrogens with zero attached hydrogens (tertiary/aromatic N) is 1. The smallest absolute Gasteiger partial charge is 0.0160 e. The fourth-order valence-electron chi connectivity index (χ4n) is 1.07. The monoisotopic (exact) mass is 405 g/mol. The molecule has 1 nitrogen and oxygen atoms in total. The van der Waals surface area contributed by atoms with Crippen molar-refractivity contribution in [2.24, 2.45) is 0 Å². The van der Waals surface area contributed by atoms with Crippen LogP contribution in [0.5, 0.6) is 0 Å². The van der Waals surface area contributed by atoms with Crippen LogP contribution in [0.15, 0.2) is 48.7 Å². The predicted octanol–water partition coefficient (Wildman–Crippen LogP) is 3.98. The van der Waals surface area contributed by atoms with Crippen LogP contribution in [0, 0.1) is 19.9 Å². The van der Waals surface area contributed by atoms with E-state index in [1.54, 1.807) is 6.20 Å². The van der Waals surface area contributed by atoms with Gasteiger partial charge in [0.15, 0.2) is 0 Å². The van der Waals surface area contributed by atoms with Gasteiger partial charge in [0.05, 0.1) is 0 Å². The summed E-state index contributed by atoms with van der Waals surface area (Å²) in [6.45, 7) is 7.08. The molecule has 2 aromatic rings. The first-order valence-electron chi connectivity index (χ1n) is 5.35. The average Bonchev–Trinajstić information content (AvgIpc) is 2.41. The van der Waals surface area contributed by atoms with E-state index in [-0.39, 0.29) is 21.1 Å². The zero-order chi connectivity index (χ0) is 11.6. The molecule has 2 heteroatoms. The molecule has 0 aliphatic carbocycles. The zero-order valence-electron chi connectivity index (χ0n) is 9.71. The van der Waals surface area contributed by atoms with Gasteiger partial charge in [-0.2, -0.15) is 0 Å². The second-order valence-corrected chi connectivity index (χ2v) is 3.20. The molecule has 0 aliphatic rings. The van der Waals surface area contributed by atoms with Crippen molar-refractivity contribution in [2.75, 3.05) is 0 Å². The molecule has 0 bridgehead atoms. The Labute approximate surface area is 119 Å². The number of benzene rings is 1. The second kappa shape index (κ2) is 10.2. The summed E-state index contributed by atoms with van der Waals surface area (Å²) < 4.78 is 0. The third-order valence-electron chi connectivity index (χ3n) is 1.90. The normalized spacial score (nSPS) is 8.59. The maximum absolute atomic E-state index is 4.22. The first kappa shape index (κ1) is 16.1. The minimum Gasteiger partial charge on any atom is -0.346 e. The van der Waals surface area contributed by atoms with Crippen molar-refractivity contribution in [2.45, 2.75) is 12.8 Å². The molecule has 0 unspecified atom stereocenters. The van der Waals surface area contributed by atoms with Gasteiger partial charge < -0.3 is 18.8 Å². The van der Waals surface area contributed by atoms with Gasteiger partial charge in [-0.25, -0.2) is 12.8 Å². The number of rotatable bonds is 2. The quantitative estimate of drug-likeness (QED) is 0.689. The van der Waals surface area contributed by atoms with Gasteiger partial charge in [0, 0.05) is 27.3 Å². The van der Waals surface area contributed by atoms with Gasteiger partial charge >= 0.3 is 0 Å². The molecule has 0 saturated heterocycles. The molecule has 1 aromatic heterocycles. The van der Waals surface area contributed by atoms with Crippen molar-refractivity contribution in [3.8, 4) is 11.3 Å². The van der Waals surface area contributed by atoms with Crippen molar-refractivity contribution in [1.82, 2.24) is 4.98 Å². The second-order valence-electron chi connectivity index (χ2n) is 3.20. The van der Waals surface area contributed by atoms with E-state index in [1.165, 1.54) is 0 Å². The first-order valence-corrected chi connectivity index (χ1v) is 5.35. The first-order chi connectivity index (χ1) is 7.88. The molecule has 0 aliphatic heterocycles. The van der Waals surface area contributed by atoms with Gasteiger partial charge in [-0.3, -0.25) is 0 Å². The molecule has 0 spiro atoms. The molecule has 0 N–H and O–H groups in total. The molecule has 0 fully saturated rings. The van der Waals surface area contributed by atoms with Gasteiger partial charge in [0.2, 0.25) is 0 Å². The summed E-state index contributed by atoms with van der Waals surface area (Å²) in [5.74, 6) is 0. The van der Waals surface area contributed by atoms with Crippen LogP contribution in [0.3, 0.4) is 0 Å². The van der Waals surface area contributed by atoms with E-state index in [9.17, 15) is 0 Å². The third-order valence-corrected chi connectivity index (χ3v) is 1.90. The fraction of sp³-hybridized carbons (Fsp3) is 0.133. The SMILES string of the molecule is [CH2-]CC[CH2-].[Pt].[c-]1ccccc1-c1ccccn1. The molecular formula is C15H16NPt-3. The average molecular weight is 405 g/mol. The molecule has 1 heterocycles. The Bertz CT molecular complexity index is 333. The van der Waals surface area contributed by atoms with E-state index in [0.717, 1.165) is 24.1 Å². The number of unbranched alkanes of at least 4 members (excludes halogenated alkanes) is 1. The van der Waals surface area contributed by atoms with E-state index >= 15 is 0 Å². The molecule has 94 valence electrons. The van der Waals surface area contributed by atoms with Crippen LogP contribution in [0.2, 0.25) is 0 Å². The topological polar surface area (TPSA) is 12.9 Å². The summed E-state index contributed by atoms with van der Waals surface area (Å²) in [4.78, 5) is 4.22. The van der Waals surface area contributed by atoms with Crippen molar-refractivity contribution in [1.29, 1.82) is 0 Å². The maximum Gasteiger partial charge on any atom is 0.0160 e. The van der Waals surface area contributed by atoms with Crippen molar-refractivity contribution in [3.63, 3.8) is 0 Å². The fourth-order valence-corrected chi connectivity index (χ4v) is 1.07. The van der Waals surface area contributed by atoms with Crippen LogP contribution in [-0.2, 0) is 21.1 Å². The van der Waals surface area contributed by atoms with E-state index in [0.29, 0.717) is 0 Å². The molecule has 0 amide bonds. The minimum atomic E-state index is 0. The summed E-state index contributed by atoms with van der Waals surface area (Å²) in [6, 6.07) is 16.8. The molecular weight excluding hydrogens is 389 g/mol. The Hall–Kier alpha value is -0.942. The van der Waals surface area contributed by atoms with Gasteiger partial charge in [0.1, 0.15) is 0 Å². The Balaban J connectivity index is 0.000000453. The molecule has 0 radical (unpaired) electrons. The summed E-state index contributed by atoms with van der Waals surface area (Å²) in [7, 11) is 0. The number of aromatic nitrogens is 1. The van der Waals surface area contributed by atoms with Gasteiger partial charge in [-0.05, 0) is 11.8 Å². The molecule has 17 heavy (non-hydrogen) atoms. The Morgan fingerprint density at radius 2 is 1.71 bits per heavy atom. The molecule has 1 aromatic carbocycles. The van der Waals surface area contributed by atoms with Crippen LogP contribution in [0.25, 0.3) is 11.3 Å². The Morgan fingerprint density at radius 3 is 2.18 bits per heavy atom. The van der Waals surface area contributed by atoms with Crippen LogP contribution in [0.1, 0.15) is 12.8 Å². The standard InChI is InChI=1S/C11H8N.C4H8.Pt/c1-2-6-10(7-3-1)11-8-4-5-9-12-11;1-3-4-2;/h1-6,8-9H;1-4H2;/q-1;-2;. The third kappa shape index (κ3) is 6.38. The number of hydrogen-bond donors (Lipinski definition) is 0. The summed E-state index contributed by atoms with van der Waals surface area (Å²) in [5, 5.41) is 0. The van der Waals surface area contributed by atoms with Crippen LogP contribution in [-0.4, -0.2) is 4.98 Å². The Morgan fingerprint density at radius 1 is 1.00 bits per heavy atom. The van der Waals surface area contributed by atoms with Crippen molar-refractivity contribution >= 4 is 0 Å². The minimum absolute atomic E-state index is 0. The summed E-state index contributed by atoms with van der Waals surface area (Å²) in [5.41, 5.74) is 2.01. The van der Waals surface area contributed by atoms with E-state index in [1.807, 2.05) is 42.5 Å². The van der Waals surface area contributed by atoms with Gasteiger partial charge in [0.25, 0.3) is 0 Å². The van der Waals surface area contributed by atoms with E-state index in [2.05, 4.69) is 24.9 Å². The van der Waals surface area contributed by atoms with Crippen molar-refractivity contribution in [3.05, 3.63) is 68.6 Å². The predicted molar refractivity (Wildman–Crippen MR) is 68.5 cm³/mol. The van der Waals surface area contributed by atoms with Crippen LogP contribution < -0.4 is 0 Å². The van der Waals surface area contributed by atoms with Crippen molar-refractivity contribution < 1.29 is 21.1 Å².